The van der Waals surface area contributed by atoms with Gasteiger partial charge in [0.2, 0.25) is 0 Å². The summed E-state index contributed by atoms with van der Waals surface area (Å²) in [5.74, 6) is 2.03. The highest BCUT2D eigenvalue weighted by Crippen LogP contribution is 2.68. The molecule has 0 N–H and O–H groups in total. The van der Waals surface area contributed by atoms with Crippen molar-refractivity contribution in [2.45, 2.75) is 104 Å². The highest BCUT2D eigenvalue weighted by molar-refractivity contribution is 6.70. The Hall–Kier alpha value is -0.496. The van der Waals surface area contributed by atoms with Crippen molar-refractivity contribution >= 4 is 22.4 Å². The second-order valence-electron chi connectivity index (χ2n) is 13.4. The maximum absolute atomic E-state index is 12.4. The predicted octanol–water partition coefficient (Wildman–Crippen LogP) is 6.73. The summed E-state index contributed by atoms with van der Waals surface area (Å²) in [5.41, 5.74) is 1.41. The van der Waals surface area contributed by atoms with Gasteiger partial charge in [0.05, 0.1) is 11.7 Å². The molecule has 4 aliphatic rings. The van der Waals surface area contributed by atoms with Crippen LogP contribution in [0.3, 0.4) is 0 Å². The fourth-order valence-electron chi connectivity index (χ4n) is 7.83. The third-order valence-corrected chi connectivity index (χ3v) is 11.2. The molecule has 7 atom stereocenters. The van der Waals surface area contributed by atoms with Crippen LogP contribution < -0.4 is 0 Å². The number of ketones is 1. The molecule has 0 aromatic rings. The van der Waals surface area contributed by atoms with E-state index in [9.17, 15) is 4.79 Å². The largest absolute Gasteiger partial charge is 0.412 e. The molecule has 0 heterocycles. The topological polar surface area (TPSA) is 35.5 Å². The number of carbonyl (C=O) groups excluding carboxylic acids is 1. The number of carbonyl (C=O) groups is 1. The van der Waals surface area contributed by atoms with E-state index in [1.165, 1.54) is 31.3 Å². The first-order chi connectivity index (χ1) is 14.1. The van der Waals surface area contributed by atoms with E-state index in [2.05, 4.69) is 66.1 Å². The van der Waals surface area contributed by atoms with Gasteiger partial charge in [-0.1, -0.05) is 19.9 Å². The molecule has 0 saturated heterocycles. The normalized spacial score (nSPS) is 45.1. The van der Waals surface area contributed by atoms with E-state index in [4.69, 9.17) is 8.85 Å². The Morgan fingerprint density at radius 2 is 1.58 bits per heavy atom. The van der Waals surface area contributed by atoms with E-state index in [0.29, 0.717) is 17.8 Å². The molecule has 0 spiro atoms. The molecule has 3 nitrogen and oxygen atoms in total. The van der Waals surface area contributed by atoms with Crippen molar-refractivity contribution in [2.24, 2.45) is 28.6 Å². The first-order valence-electron chi connectivity index (χ1n) is 12.4. The molecule has 3 saturated carbocycles. The van der Waals surface area contributed by atoms with Gasteiger partial charge in [-0.2, -0.15) is 0 Å². The minimum atomic E-state index is -1.74. The lowest BCUT2D eigenvalue weighted by atomic mass is 9.47. The predicted molar refractivity (Wildman–Crippen MR) is 133 cm³/mol. The third kappa shape index (κ3) is 3.91. The molecule has 0 aromatic carbocycles. The van der Waals surface area contributed by atoms with Crippen LogP contribution in [0.4, 0.5) is 0 Å². The lowest BCUT2D eigenvalue weighted by Gasteiger charge is -2.60. The van der Waals surface area contributed by atoms with E-state index < -0.39 is 16.6 Å². The van der Waals surface area contributed by atoms with Crippen LogP contribution in [0.25, 0.3) is 0 Å². The van der Waals surface area contributed by atoms with Gasteiger partial charge in [0.25, 0.3) is 0 Å². The molecule has 4 aliphatic carbocycles. The molecule has 0 aromatic heterocycles. The molecule has 4 rings (SSSR count). The van der Waals surface area contributed by atoms with Crippen LogP contribution in [-0.2, 0) is 13.6 Å². The van der Waals surface area contributed by atoms with E-state index in [0.717, 1.165) is 6.42 Å². The summed E-state index contributed by atoms with van der Waals surface area (Å²) in [7, 11) is -3.37. The Kier molecular flexibility index (Phi) is 5.53. The summed E-state index contributed by atoms with van der Waals surface area (Å²) < 4.78 is 13.7. The number of rotatable bonds is 4. The van der Waals surface area contributed by atoms with Crippen LogP contribution >= 0.6 is 0 Å². The lowest BCUT2D eigenvalue weighted by molar-refractivity contribution is -0.115. The average Bonchev–Trinajstić information content (AvgIpc) is 2.84. The standard InChI is InChI=1S/C26H44O3Si2/c1-24-13-10-18(27)16-22(24)23(28-30(4,5)6)17-19-20(24)11-14-25(2)21(19)12-15-26(25,3)29-31(7,8)9/h10,13,16,19-21,23H,11-12,14-15,17H2,1-9H3. The Bertz CT molecular complexity index is 819. The maximum atomic E-state index is 12.4. The van der Waals surface area contributed by atoms with Gasteiger partial charge in [-0.25, -0.2) is 0 Å². The Morgan fingerprint density at radius 1 is 0.935 bits per heavy atom. The number of hydrogen-bond acceptors (Lipinski definition) is 3. The molecule has 0 amide bonds. The summed E-state index contributed by atoms with van der Waals surface area (Å²) in [6.07, 6.45) is 12.0. The molecule has 0 bridgehead atoms. The summed E-state index contributed by atoms with van der Waals surface area (Å²) >= 11 is 0. The summed E-state index contributed by atoms with van der Waals surface area (Å²) in [4.78, 5) is 12.4. The van der Waals surface area contributed by atoms with Gasteiger partial charge in [0.1, 0.15) is 0 Å². The highest BCUT2D eigenvalue weighted by atomic mass is 28.4. The highest BCUT2D eigenvalue weighted by Gasteiger charge is 2.64. The van der Waals surface area contributed by atoms with Crippen LogP contribution in [0.15, 0.2) is 23.8 Å². The average molecular weight is 461 g/mol. The molecule has 174 valence electrons. The molecule has 3 fully saturated rings. The second-order valence-corrected chi connectivity index (χ2v) is 22.3. The molecule has 31 heavy (non-hydrogen) atoms. The molecular weight excluding hydrogens is 416 g/mol. The molecule has 7 unspecified atom stereocenters. The second kappa shape index (κ2) is 7.25. The van der Waals surface area contributed by atoms with E-state index in [-0.39, 0.29) is 28.3 Å². The smallest absolute Gasteiger partial charge is 0.184 e. The van der Waals surface area contributed by atoms with Crippen molar-refractivity contribution in [2.75, 3.05) is 0 Å². The third-order valence-electron chi connectivity index (χ3n) is 9.11. The molecule has 5 heteroatoms. The zero-order valence-electron chi connectivity index (χ0n) is 21.3. The molecular formula is C26H44O3Si2. The van der Waals surface area contributed by atoms with Crippen molar-refractivity contribution in [3.8, 4) is 0 Å². The number of allylic oxidation sites excluding steroid dienone is 3. The quantitative estimate of drug-likeness (QED) is 0.436. The number of hydrogen-bond donors (Lipinski definition) is 0. The van der Waals surface area contributed by atoms with Crippen LogP contribution in [0.1, 0.15) is 52.9 Å². The monoisotopic (exact) mass is 460 g/mol. The van der Waals surface area contributed by atoms with Gasteiger partial charge in [0.15, 0.2) is 22.4 Å². The fourth-order valence-corrected chi connectivity index (χ4v) is 10.6. The first kappa shape index (κ1) is 23.7. The van der Waals surface area contributed by atoms with Crippen molar-refractivity contribution < 1.29 is 13.6 Å². The van der Waals surface area contributed by atoms with Gasteiger partial charge in [-0.15, -0.1) is 0 Å². The molecule has 0 radical (unpaired) electrons. The maximum Gasteiger partial charge on any atom is 0.184 e. The Morgan fingerprint density at radius 3 is 2.19 bits per heavy atom. The number of fused-ring (bicyclic) bond motifs is 5. The van der Waals surface area contributed by atoms with Gasteiger partial charge in [-0.3, -0.25) is 4.79 Å². The lowest BCUT2D eigenvalue weighted by Crippen LogP contribution is -2.58. The van der Waals surface area contributed by atoms with Crippen molar-refractivity contribution in [3.05, 3.63) is 23.8 Å². The van der Waals surface area contributed by atoms with Crippen LogP contribution in [0.5, 0.6) is 0 Å². The minimum absolute atomic E-state index is 0.0162. The SMILES string of the molecule is CC12C=CC(=O)C=C1C(O[Si](C)(C)C)CC1C2CCC2(C)C1CCC2(C)O[Si](C)(C)C. The van der Waals surface area contributed by atoms with Crippen LogP contribution in [-0.4, -0.2) is 34.1 Å². The van der Waals surface area contributed by atoms with Gasteiger partial charge in [-0.05, 0) is 119 Å². The Balaban J connectivity index is 1.72. The van der Waals surface area contributed by atoms with Crippen molar-refractivity contribution in [1.29, 1.82) is 0 Å². The summed E-state index contributed by atoms with van der Waals surface area (Å²) in [5, 5.41) is 0. The minimum Gasteiger partial charge on any atom is -0.412 e. The van der Waals surface area contributed by atoms with Gasteiger partial charge < -0.3 is 8.85 Å². The van der Waals surface area contributed by atoms with E-state index in [1.807, 2.05) is 12.2 Å². The molecule has 0 aliphatic heterocycles. The first-order valence-corrected chi connectivity index (χ1v) is 19.2. The van der Waals surface area contributed by atoms with Crippen LogP contribution in [0, 0.1) is 28.6 Å². The van der Waals surface area contributed by atoms with E-state index >= 15 is 0 Å². The summed E-state index contributed by atoms with van der Waals surface area (Å²) in [6, 6.07) is 0. The van der Waals surface area contributed by atoms with Crippen LogP contribution in [0.2, 0.25) is 39.3 Å². The van der Waals surface area contributed by atoms with Gasteiger partial charge >= 0.3 is 0 Å². The Labute approximate surface area is 192 Å². The van der Waals surface area contributed by atoms with E-state index in [1.54, 1.807) is 0 Å². The fraction of sp³-hybridized carbons (Fsp3) is 0.808. The zero-order valence-corrected chi connectivity index (χ0v) is 23.3. The zero-order chi connectivity index (χ0) is 23.0. The van der Waals surface area contributed by atoms with Gasteiger partial charge in [0, 0.05) is 5.41 Å². The van der Waals surface area contributed by atoms with Crippen molar-refractivity contribution in [1.82, 2.24) is 0 Å². The summed E-state index contributed by atoms with van der Waals surface area (Å²) in [6.45, 7) is 21.2. The van der Waals surface area contributed by atoms with Crippen molar-refractivity contribution in [3.63, 3.8) is 0 Å².